The van der Waals surface area contributed by atoms with Crippen molar-refractivity contribution in [3.63, 3.8) is 0 Å². The summed E-state index contributed by atoms with van der Waals surface area (Å²) in [6.45, 7) is 11.6. The summed E-state index contributed by atoms with van der Waals surface area (Å²) in [5.74, 6) is -4.07. The predicted molar refractivity (Wildman–Crippen MR) is 317 cm³/mol. The number of allylic oxidation sites excluding steroid dienone is 4. The first-order chi connectivity index (χ1) is 39.4. The number of rotatable bonds is 14. The van der Waals surface area contributed by atoms with Crippen LogP contribution < -0.4 is 27.4 Å². The molecule has 12 unspecified atom stereocenters. The number of anilines is 2. The number of nitrogens with zero attached hydrogens (tertiary/aromatic N) is 2. The summed E-state index contributed by atoms with van der Waals surface area (Å²) in [6, 6.07) is 2.41. The first kappa shape index (κ1) is 68.1. The van der Waals surface area contributed by atoms with Crippen molar-refractivity contribution >= 4 is 59.2 Å². The van der Waals surface area contributed by atoms with Gasteiger partial charge < -0.3 is 86.5 Å². The number of aliphatic imine (C=N–C) groups is 2. The molecule has 12 atom stereocenters. The average molecular weight is 1160 g/mol. The smallest absolute Gasteiger partial charge is 0.405 e. The Morgan fingerprint density at radius 3 is 1.34 bits per heavy atom. The van der Waals surface area contributed by atoms with Crippen molar-refractivity contribution in [1.82, 2.24) is 5.32 Å². The average Bonchev–Trinajstić information content (AvgIpc) is 3.49. The zero-order valence-electron chi connectivity index (χ0n) is 49.0. The zero-order valence-corrected chi connectivity index (χ0v) is 49.0. The van der Waals surface area contributed by atoms with Gasteiger partial charge in [-0.2, -0.15) is 0 Å². The number of amides is 4. The van der Waals surface area contributed by atoms with Gasteiger partial charge in [-0.15, -0.1) is 0 Å². The van der Waals surface area contributed by atoms with Crippen LogP contribution in [0.25, 0.3) is 0 Å². The number of methoxy groups -OCH3 is 4. The number of hydrogen-bond donors (Lipinski definition) is 11. The molecular weight excluding hydrogens is 1070 g/mol. The Labute approximate surface area is 485 Å². The number of aliphatic hydroxyl groups excluding tert-OH is 2. The molecule has 23 heteroatoms. The Kier molecular flexibility index (Phi) is 27.6. The Bertz CT molecular complexity index is 2590. The first-order valence-corrected chi connectivity index (χ1v) is 27.4. The Morgan fingerprint density at radius 1 is 0.627 bits per heavy atom. The lowest BCUT2D eigenvalue weighted by molar-refractivity contribution is -0.112. The molecule has 2 aromatic carbocycles. The van der Waals surface area contributed by atoms with E-state index in [1.54, 1.807) is 64.4 Å². The van der Waals surface area contributed by atoms with E-state index >= 15 is 0 Å². The van der Waals surface area contributed by atoms with Crippen molar-refractivity contribution in [2.75, 3.05) is 52.2 Å². The summed E-state index contributed by atoms with van der Waals surface area (Å²) in [5, 5.41) is 77.6. The summed E-state index contributed by atoms with van der Waals surface area (Å²) in [7, 11) is 5.78. The van der Waals surface area contributed by atoms with Crippen molar-refractivity contribution in [2.24, 2.45) is 45.1 Å². The number of primary amides is 2. The van der Waals surface area contributed by atoms with Crippen LogP contribution >= 0.6 is 0 Å². The molecule has 13 N–H and O–H groups in total. The Morgan fingerprint density at radius 2 is 1.00 bits per heavy atom. The van der Waals surface area contributed by atoms with Gasteiger partial charge in [0.05, 0.1) is 35.8 Å². The van der Waals surface area contributed by atoms with Crippen LogP contribution in [-0.2, 0) is 50.9 Å². The number of phenolic OH excluding ortho intramolecular Hbond substituents is 4. The molecule has 2 aliphatic rings. The molecular formula is C60H85N7O16. The maximum atomic E-state index is 13.1. The second kappa shape index (κ2) is 33.7. The number of nitrogens with two attached hydrogens (primary N) is 2. The fourth-order valence-corrected chi connectivity index (χ4v) is 10.0. The van der Waals surface area contributed by atoms with Gasteiger partial charge in [0.15, 0.2) is 12.2 Å². The number of carbonyl (C=O) groups is 4. The number of aromatic hydroxyl groups is 4. The van der Waals surface area contributed by atoms with E-state index in [0.29, 0.717) is 49.9 Å². The number of fused-ring (bicyclic) bond motifs is 4. The standard InChI is InChI=1S/C60H85N7O16/c1-33-25-39-51(43(68)31-41(55(39)74)66-49(70)19-13-11-17-45(78-7)57(82-59(61)76)37(5)29-35(3)53(72)47(27-33)80-9)64-23-15-21-63-22-16-24-65-52-40-26-34(2)28-48(81-10)54(73)36(4)30-38(6)58(83-60(62)77)46(79-8)18-12-14-20-50(71)67-42(56(40)75)32-44(52)69/h11-14,17-20,23-24,29-36,45-48,53-54,57-58,63,68-69,72-75H,15-16,21-22,25-28H2,1-10H3,(H2,61,76)(H2,62,77)(H,66,70)(H,67,71). The molecule has 83 heavy (non-hydrogen) atoms. The number of ether oxygens (including phenoxy) is 6. The third-order valence-corrected chi connectivity index (χ3v) is 14.3. The largest absolute Gasteiger partial charge is 0.506 e. The highest BCUT2D eigenvalue weighted by Crippen LogP contribution is 2.45. The van der Waals surface area contributed by atoms with Crippen molar-refractivity contribution < 1.29 is 78.2 Å². The SMILES string of the molecule is COC1C=CC=CC(=O)Nc2cc(O)c(N=CCCNCCC=Nc3c(O)cc4c(O)c3CC(C)CC(OC)C(O)C(C)C=C(C)C(OC(N)=O)C(OC)C=CC=CC(=O)N4)c(c2O)CC(C)CC(OC)C(O)C(C)C=C(C)C1OC(N)=O. The fraction of sp³-hybridized carbons (Fsp3) is 0.500. The van der Waals surface area contributed by atoms with E-state index in [0.717, 1.165) is 0 Å². The van der Waals surface area contributed by atoms with E-state index < -0.39 is 84.7 Å². The fourth-order valence-electron chi connectivity index (χ4n) is 10.0. The minimum atomic E-state index is -1.03. The number of hydrogen-bond acceptors (Lipinski definition) is 19. The van der Waals surface area contributed by atoms with Gasteiger partial charge in [-0.3, -0.25) is 19.6 Å². The summed E-state index contributed by atoms with van der Waals surface area (Å²) < 4.78 is 33.6. The number of phenols is 4. The highest BCUT2D eigenvalue weighted by atomic mass is 16.6. The predicted octanol–water partition coefficient (Wildman–Crippen LogP) is 7.12. The Balaban J connectivity index is 1.54. The second-order valence-electron chi connectivity index (χ2n) is 20.9. The summed E-state index contributed by atoms with van der Waals surface area (Å²) in [6.07, 6.45) is 10.5. The van der Waals surface area contributed by atoms with E-state index in [1.165, 1.54) is 77.0 Å². The molecule has 4 amide bonds. The zero-order chi connectivity index (χ0) is 61.5. The lowest BCUT2D eigenvalue weighted by Crippen LogP contribution is -2.37. The quantitative estimate of drug-likeness (QED) is 0.0295. The molecule has 2 aliphatic heterocycles. The van der Waals surface area contributed by atoms with Gasteiger partial charge in [0, 0.05) is 101 Å². The summed E-state index contributed by atoms with van der Waals surface area (Å²) >= 11 is 0. The summed E-state index contributed by atoms with van der Waals surface area (Å²) in [4.78, 5) is 59.2. The van der Waals surface area contributed by atoms with Crippen molar-refractivity contribution in [1.29, 1.82) is 0 Å². The molecule has 0 spiro atoms. The van der Waals surface area contributed by atoms with E-state index in [9.17, 15) is 49.8 Å². The number of nitrogens with one attached hydrogen (secondary N) is 3. The van der Waals surface area contributed by atoms with Crippen molar-refractivity contribution in [3.8, 4) is 23.0 Å². The third-order valence-electron chi connectivity index (χ3n) is 14.3. The van der Waals surface area contributed by atoms with Crippen molar-refractivity contribution in [2.45, 2.75) is 129 Å². The first-order valence-electron chi connectivity index (χ1n) is 27.4. The van der Waals surface area contributed by atoms with Crippen LogP contribution in [0, 0.1) is 23.7 Å². The molecule has 0 radical (unpaired) electrons. The minimum Gasteiger partial charge on any atom is -0.506 e. The molecule has 0 aromatic heterocycles. The van der Waals surface area contributed by atoms with Gasteiger partial charge in [-0.1, -0.05) is 76.3 Å². The van der Waals surface area contributed by atoms with Gasteiger partial charge in [0.25, 0.3) is 0 Å². The molecule has 23 nitrogen and oxygen atoms in total. The third kappa shape index (κ3) is 20.5. The van der Waals surface area contributed by atoms with E-state index in [2.05, 4.69) is 25.9 Å². The maximum absolute atomic E-state index is 13.1. The van der Waals surface area contributed by atoms with E-state index in [4.69, 9.17) is 39.9 Å². The van der Waals surface area contributed by atoms with Crippen LogP contribution in [0.15, 0.2) is 94.0 Å². The van der Waals surface area contributed by atoms with Crippen molar-refractivity contribution in [3.05, 3.63) is 95.2 Å². The van der Waals surface area contributed by atoms with E-state index in [1.807, 2.05) is 13.8 Å². The van der Waals surface area contributed by atoms with Gasteiger partial charge >= 0.3 is 12.2 Å². The molecule has 0 aliphatic carbocycles. The molecule has 456 valence electrons. The molecule has 0 saturated carbocycles. The topological polar surface area (TPSA) is 358 Å². The van der Waals surface area contributed by atoms with Gasteiger partial charge in [-0.25, -0.2) is 9.59 Å². The summed E-state index contributed by atoms with van der Waals surface area (Å²) in [5.41, 5.74) is 12.5. The highest BCUT2D eigenvalue weighted by molar-refractivity contribution is 6.02. The molecule has 2 heterocycles. The Hall–Kier alpha value is -7.38. The number of benzene rings is 2. The normalized spacial score (nSPS) is 26.6. The number of carbonyl (C=O) groups excluding carboxylic acids is 4. The molecule has 0 fully saturated rings. The maximum Gasteiger partial charge on any atom is 0.405 e. The van der Waals surface area contributed by atoms with Crippen LogP contribution in [0.3, 0.4) is 0 Å². The van der Waals surface area contributed by atoms with E-state index in [-0.39, 0.29) is 81.6 Å². The highest BCUT2D eigenvalue weighted by Gasteiger charge is 2.33. The lowest BCUT2D eigenvalue weighted by Gasteiger charge is -2.29. The van der Waals surface area contributed by atoms with Crippen LogP contribution in [0.5, 0.6) is 23.0 Å². The van der Waals surface area contributed by atoms with Gasteiger partial charge in [0.1, 0.15) is 46.6 Å². The minimum absolute atomic E-state index is 0.0646. The monoisotopic (exact) mass is 1160 g/mol. The molecule has 0 saturated heterocycles. The molecule has 2 aromatic rings. The number of aliphatic hydroxyl groups is 2. The van der Waals surface area contributed by atoms with Crippen LogP contribution in [0.4, 0.5) is 32.3 Å². The van der Waals surface area contributed by atoms with Gasteiger partial charge in [0.2, 0.25) is 11.8 Å². The molecule has 4 bridgehead atoms. The van der Waals surface area contributed by atoms with Gasteiger partial charge in [-0.05, 0) is 75.4 Å². The van der Waals surface area contributed by atoms with Crippen LogP contribution in [-0.4, -0.2) is 157 Å². The van der Waals surface area contributed by atoms with Crippen LogP contribution in [0.1, 0.15) is 78.4 Å². The lowest BCUT2D eigenvalue weighted by atomic mass is 9.87. The van der Waals surface area contributed by atoms with Crippen LogP contribution in [0.2, 0.25) is 0 Å². The molecule has 4 rings (SSSR count). The second-order valence-corrected chi connectivity index (χ2v) is 20.9.